The van der Waals surface area contributed by atoms with Crippen LogP contribution in [0, 0.1) is 0 Å². The van der Waals surface area contributed by atoms with E-state index in [-0.39, 0.29) is 18.4 Å². The molecular formula is C20H27N5O2S. The third-order valence-electron chi connectivity index (χ3n) is 4.95. The monoisotopic (exact) mass is 401 g/mol. The lowest BCUT2D eigenvalue weighted by molar-refractivity contribution is -0.120. The number of benzene rings is 1. The molecule has 0 aliphatic heterocycles. The van der Waals surface area contributed by atoms with E-state index in [4.69, 9.17) is 0 Å². The minimum atomic E-state index is -0.245. The van der Waals surface area contributed by atoms with Crippen LogP contribution in [-0.4, -0.2) is 45.9 Å². The smallest absolute Gasteiger partial charge is 0.251 e. The number of aryl methyl sites for hydroxylation is 1. The third kappa shape index (κ3) is 5.34. The highest BCUT2D eigenvalue weighted by Crippen LogP contribution is 2.33. The van der Waals surface area contributed by atoms with Crippen LogP contribution in [0.2, 0.25) is 0 Å². The number of rotatable bonds is 9. The largest absolute Gasteiger partial charge is 0.355 e. The van der Waals surface area contributed by atoms with Gasteiger partial charge in [0.25, 0.3) is 5.91 Å². The second-order valence-electron chi connectivity index (χ2n) is 6.91. The number of nitrogens with one attached hydrogen (secondary N) is 2. The topological polar surface area (TPSA) is 88.9 Å². The van der Waals surface area contributed by atoms with Crippen molar-refractivity contribution in [3.05, 3.63) is 41.7 Å². The van der Waals surface area contributed by atoms with Crippen molar-refractivity contribution < 1.29 is 9.59 Å². The molecule has 0 saturated heterocycles. The first-order valence-electron chi connectivity index (χ1n) is 9.76. The number of aromatic nitrogens is 3. The van der Waals surface area contributed by atoms with Gasteiger partial charge in [-0.25, -0.2) is 0 Å². The van der Waals surface area contributed by atoms with Crippen LogP contribution in [0.1, 0.15) is 54.3 Å². The zero-order valence-corrected chi connectivity index (χ0v) is 17.0. The van der Waals surface area contributed by atoms with Gasteiger partial charge in [-0.2, -0.15) is 0 Å². The summed E-state index contributed by atoms with van der Waals surface area (Å²) in [5, 5.41) is 15.1. The molecule has 1 aromatic carbocycles. The summed E-state index contributed by atoms with van der Waals surface area (Å²) in [4.78, 5) is 23.9. The summed E-state index contributed by atoms with van der Waals surface area (Å²) in [6.45, 7) is 0.523. The molecule has 2 aromatic rings. The van der Waals surface area contributed by atoms with E-state index in [0.717, 1.165) is 23.8 Å². The van der Waals surface area contributed by atoms with E-state index in [1.807, 2.05) is 12.3 Å². The van der Waals surface area contributed by atoms with Crippen LogP contribution in [0.5, 0.6) is 0 Å². The Morgan fingerprint density at radius 3 is 2.61 bits per heavy atom. The van der Waals surface area contributed by atoms with Crippen molar-refractivity contribution in [1.29, 1.82) is 0 Å². The molecule has 0 atom stereocenters. The molecule has 0 bridgehead atoms. The van der Waals surface area contributed by atoms with Crippen molar-refractivity contribution in [1.82, 2.24) is 25.4 Å². The first-order valence-corrected chi connectivity index (χ1v) is 11.0. The first-order chi connectivity index (χ1) is 13.7. The van der Waals surface area contributed by atoms with Crippen LogP contribution < -0.4 is 10.6 Å². The molecule has 2 amide bonds. The minimum Gasteiger partial charge on any atom is -0.355 e. The fourth-order valence-corrected chi connectivity index (χ4v) is 4.11. The van der Waals surface area contributed by atoms with Crippen LogP contribution >= 0.6 is 11.8 Å². The van der Waals surface area contributed by atoms with E-state index in [0.29, 0.717) is 18.2 Å². The lowest BCUT2D eigenvalue weighted by Gasteiger charge is -2.16. The van der Waals surface area contributed by atoms with Crippen molar-refractivity contribution in [3.63, 3.8) is 0 Å². The van der Waals surface area contributed by atoms with Crippen LogP contribution in [0.3, 0.4) is 0 Å². The second-order valence-corrected chi connectivity index (χ2v) is 7.69. The van der Waals surface area contributed by atoms with Gasteiger partial charge < -0.3 is 15.2 Å². The number of amides is 2. The standard InChI is InChI=1S/C20H27N5O2S/c1-28-20-24-23-17(25(20)16-10-5-6-11-16)12-7-13-21-18(26)14-22-19(27)15-8-3-2-4-9-15/h2-4,8-9,16H,5-7,10-14H2,1H3,(H,21,26)(H,22,27). The Bertz CT molecular complexity index is 787. The number of nitrogens with zero attached hydrogens (tertiary/aromatic N) is 3. The summed E-state index contributed by atoms with van der Waals surface area (Å²) < 4.78 is 2.29. The summed E-state index contributed by atoms with van der Waals surface area (Å²) in [5.74, 6) is 0.569. The summed E-state index contributed by atoms with van der Waals surface area (Å²) in [6, 6.07) is 9.38. The predicted octanol–water partition coefficient (Wildman–Crippen LogP) is 2.59. The van der Waals surface area contributed by atoms with E-state index in [1.165, 1.54) is 25.7 Å². The molecule has 1 heterocycles. The molecule has 150 valence electrons. The van der Waals surface area contributed by atoms with Gasteiger partial charge in [-0.1, -0.05) is 42.8 Å². The second kappa shape index (κ2) is 10.3. The molecule has 8 heteroatoms. The molecule has 0 spiro atoms. The van der Waals surface area contributed by atoms with Gasteiger partial charge in [-0.05, 0) is 37.7 Å². The number of hydrogen-bond donors (Lipinski definition) is 2. The summed E-state index contributed by atoms with van der Waals surface area (Å²) in [7, 11) is 0. The van der Waals surface area contributed by atoms with Crippen molar-refractivity contribution in [3.8, 4) is 0 Å². The molecular weight excluding hydrogens is 374 g/mol. The minimum absolute atomic E-state index is 0.0252. The lowest BCUT2D eigenvalue weighted by Crippen LogP contribution is -2.37. The molecule has 1 saturated carbocycles. The zero-order chi connectivity index (χ0) is 19.8. The van der Waals surface area contributed by atoms with E-state index < -0.39 is 0 Å². The Kier molecular flexibility index (Phi) is 7.47. The molecule has 1 fully saturated rings. The van der Waals surface area contributed by atoms with Crippen LogP contribution in [0.25, 0.3) is 0 Å². The van der Waals surface area contributed by atoms with Gasteiger partial charge >= 0.3 is 0 Å². The Morgan fingerprint density at radius 2 is 1.89 bits per heavy atom. The van der Waals surface area contributed by atoms with Gasteiger partial charge in [0.05, 0.1) is 6.54 Å². The van der Waals surface area contributed by atoms with E-state index in [1.54, 1.807) is 36.0 Å². The summed E-state index contributed by atoms with van der Waals surface area (Å²) in [6.07, 6.45) is 8.51. The Morgan fingerprint density at radius 1 is 1.14 bits per heavy atom. The lowest BCUT2D eigenvalue weighted by atomic mass is 10.2. The first kappa shape index (κ1) is 20.4. The average Bonchev–Trinajstić information content (AvgIpc) is 3.39. The number of thioether (sulfide) groups is 1. The molecule has 1 aromatic heterocycles. The maximum Gasteiger partial charge on any atom is 0.251 e. The summed E-state index contributed by atoms with van der Waals surface area (Å²) in [5.41, 5.74) is 0.547. The fourth-order valence-electron chi connectivity index (χ4n) is 3.54. The highest BCUT2D eigenvalue weighted by Gasteiger charge is 2.23. The van der Waals surface area contributed by atoms with Crippen molar-refractivity contribution in [2.24, 2.45) is 0 Å². The summed E-state index contributed by atoms with van der Waals surface area (Å²) >= 11 is 1.63. The van der Waals surface area contributed by atoms with Gasteiger partial charge in [-0.15, -0.1) is 10.2 Å². The van der Waals surface area contributed by atoms with Crippen molar-refractivity contribution >= 4 is 23.6 Å². The Labute approximate surface area is 169 Å². The molecule has 1 aliphatic carbocycles. The average molecular weight is 402 g/mol. The van der Waals surface area contributed by atoms with E-state index in [9.17, 15) is 9.59 Å². The third-order valence-corrected chi connectivity index (χ3v) is 5.60. The van der Waals surface area contributed by atoms with Gasteiger partial charge in [0.1, 0.15) is 5.82 Å². The van der Waals surface area contributed by atoms with Gasteiger partial charge in [-0.3, -0.25) is 9.59 Å². The Hall–Kier alpha value is -2.35. The van der Waals surface area contributed by atoms with Crippen LogP contribution in [0.4, 0.5) is 0 Å². The maximum atomic E-state index is 12.0. The molecule has 0 unspecified atom stereocenters. The van der Waals surface area contributed by atoms with Gasteiger partial charge in [0.15, 0.2) is 5.16 Å². The molecule has 0 radical (unpaired) electrons. The molecule has 1 aliphatic rings. The highest BCUT2D eigenvalue weighted by molar-refractivity contribution is 7.98. The van der Waals surface area contributed by atoms with Crippen molar-refractivity contribution in [2.75, 3.05) is 19.3 Å². The number of carbonyl (C=O) groups excluding carboxylic acids is 2. The van der Waals surface area contributed by atoms with Gasteiger partial charge in [0, 0.05) is 24.6 Å². The quantitative estimate of drug-likeness (QED) is 0.498. The van der Waals surface area contributed by atoms with Crippen molar-refractivity contribution in [2.45, 2.75) is 49.7 Å². The Balaban J connectivity index is 1.40. The van der Waals surface area contributed by atoms with Gasteiger partial charge in [0.2, 0.25) is 5.91 Å². The SMILES string of the molecule is CSc1nnc(CCCNC(=O)CNC(=O)c2ccccc2)n1C1CCCC1. The molecule has 3 rings (SSSR count). The number of carbonyl (C=O) groups is 2. The highest BCUT2D eigenvalue weighted by atomic mass is 32.2. The van der Waals surface area contributed by atoms with Crippen LogP contribution in [0.15, 0.2) is 35.5 Å². The van der Waals surface area contributed by atoms with Crippen LogP contribution in [-0.2, 0) is 11.2 Å². The van der Waals surface area contributed by atoms with E-state index in [2.05, 4.69) is 25.4 Å². The molecule has 7 nitrogen and oxygen atoms in total. The maximum absolute atomic E-state index is 12.0. The van der Waals surface area contributed by atoms with E-state index >= 15 is 0 Å². The predicted molar refractivity (Wildman–Crippen MR) is 109 cm³/mol. The zero-order valence-electron chi connectivity index (χ0n) is 16.2. The number of hydrogen-bond acceptors (Lipinski definition) is 5. The normalized spacial score (nSPS) is 14.2. The fraction of sp³-hybridized carbons (Fsp3) is 0.500. The molecule has 2 N–H and O–H groups in total. The molecule has 28 heavy (non-hydrogen) atoms.